The Balaban J connectivity index is 2.33. The van der Waals surface area contributed by atoms with Crippen molar-refractivity contribution in [3.05, 3.63) is 41.7 Å². The van der Waals surface area contributed by atoms with E-state index in [-0.39, 0.29) is 28.6 Å². The van der Waals surface area contributed by atoms with Crippen molar-refractivity contribution < 1.29 is 18.3 Å². The summed E-state index contributed by atoms with van der Waals surface area (Å²) in [5.74, 6) is -1.88. The van der Waals surface area contributed by atoms with Crippen LogP contribution in [-0.2, 0) is 0 Å². The molecule has 2 N–H and O–H groups in total. The van der Waals surface area contributed by atoms with Crippen molar-refractivity contribution in [3.63, 3.8) is 0 Å². The van der Waals surface area contributed by atoms with E-state index in [9.17, 15) is 8.78 Å². The minimum Gasteiger partial charge on any atom is -0.494 e. The smallest absolute Gasteiger partial charge is 0.177 e. The minimum absolute atomic E-state index is 0.0397. The van der Waals surface area contributed by atoms with E-state index in [1.807, 2.05) is 6.92 Å². The molecule has 0 spiro atoms. The first-order valence-corrected chi connectivity index (χ1v) is 7.09. The Bertz CT molecular complexity index is 917. The summed E-state index contributed by atoms with van der Waals surface area (Å²) >= 11 is 0. The van der Waals surface area contributed by atoms with E-state index in [0.717, 1.165) is 11.8 Å². The number of benzene rings is 1. The molecule has 3 aromatic rings. The van der Waals surface area contributed by atoms with Gasteiger partial charge in [0, 0.05) is 28.7 Å². The molecule has 1 aromatic carbocycles. The molecule has 0 aliphatic carbocycles. The Morgan fingerprint density at radius 3 is 2.21 bits per heavy atom. The number of hydrogen-bond donors (Lipinski definition) is 1. The largest absolute Gasteiger partial charge is 0.494 e. The van der Waals surface area contributed by atoms with Gasteiger partial charge in [-0.2, -0.15) is 0 Å². The molecule has 5 nitrogen and oxygen atoms in total. The lowest BCUT2D eigenvalue weighted by Crippen LogP contribution is -2.02. The molecule has 0 radical (unpaired) electrons. The number of nitrogens with zero attached hydrogens (tertiary/aromatic N) is 2. The van der Waals surface area contributed by atoms with Crippen LogP contribution in [0, 0.1) is 18.6 Å². The number of nitrogens with two attached hydrogens (primary N) is 1. The van der Waals surface area contributed by atoms with Crippen LogP contribution in [0.3, 0.4) is 0 Å². The van der Waals surface area contributed by atoms with Crippen molar-refractivity contribution in [2.75, 3.05) is 20.0 Å². The van der Waals surface area contributed by atoms with Crippen molar-refractivity contribution >= 4 is 16.6 Å². The fourth-order valence-corrected chi connectivity index (χ4v) is 2.52. The molecule has 7 heteroatoms. The van der Waals surface area contributed by atoms with Gasteiger partial charge in [-0.25, -0.2) is 13.8 Å². The Kier molecular flexibility index (Phi) is 3.92. The van der Waals surface area contributed by atoms with E-state index in [1.165, 1.54) is 20.3 Å². The van der Waals surface area contributed by atoms with E-state index in [4.69, 9.17) is 15.2 Å². The van der Waals surface area contributed by atoms with Gasteiger partial charge in [-0.05, 0) is 19.1 Å². The molecule has 2 heterocycles. The van der Waals surface area contributed by atoms with Crippen molar-refractivity contribution in [2.24, 2.45) is 0 Å². The first kappa shape index (κ1) is 15.9. The Morgan fingerprint density at radius 2 is 1.62 bits per heavy atom. The lowest BCUT2D eigenvalue weighted by Gasteiger charge is -2.13. The number of pyridine rings is 2. The van der Waals surface area contributed by atoms with Gasteiger partial charge in [0.2, 0.25) is 0 Å². The van der Waals surface area contributed by atoms with E-state index >= 15 is 0 Å². The van der Waals surface area contributed by atoms with Crippen LogP contribution < -0.4 is 15.2 Å². The summed E-state index contributed by atoms with van der Waals surface area (Å²) in [6.45, 7) is 1.82. The topological polar surface area (TPSA) is 70.3 Å². The summed E-state index contributed by atoms with van der Waals surface area (Å²) in [6.07, 6.45) is 1.58. The number of nitrogen functional groups attached to an aromatic ring is 1. The molecular formula is C17H15F2N3O2. The highest BCUT2D eigenvalue weighted by atomic mass is 19.1. The zero-order chi connectivity index (χ0) is 17.4. The second kappa shape index (κ2) is 5.92. The molecule has 0 unspecified atom stereocenters. The summed E-state index contributed by atoms with van der Waals surface area (Å²) in [7, 11) is 2.57. The van der Waals surface area contributed by atoms with Crippen LogP contribution in [0.4, 0.5) is 14.6 Å². The van der Waals surface area contributed by atoms with Gasteiger partial charge in [-0.1, -0.05) is 0 Å². The highest BCUT2D eigenvalue weighted by Crippen LogP contribution is 2.38. The third-order valence-electron chi connectivity index (χ3n) is 3.71. The molecule has 0 amide bonds. The maximum Gasteiger partial charge on any atom is 0.177 e. The Labute approximate surface area is 137 Å². The molecule has 0 saturated carbocycles. The van der Waals surface area contributed by atoms with Crippen molar-refractivity contribution in [2.45, 2.75) is 6.92 Å². The third kappa shape index (κ3) is 2.47. The lowest BCUT2D eigenvalue weighted by atomic mass is 10.1. The van der Waals surface area contributed by atoms with E-state index in [2.05, 4.69) is 9.97 Å². The first-order chi connectivity index (χ1) is 11.5. The number of halogens is 2. The normalized spacial score (nSPS) is 10.9. The number of anilines is 1. The van der Waals surface area contributed by atoms with Gasteiger partial charge in [-0.15, -0.1) is 0 Å². The number of methoxy groups -OCH3 is 2. The van der Waals surface area contributed by atoms with Crippen LogP contribution in [-0.4, -0.2) is 24.2 Å². The summed E-state index contributed by atoms with van der Waals surface area (Å²) in [5.41, 5.74) is 6.40. The summed E-state index contributed by atoms with van der Waals surface area (Å²) in [5, 5.41) is 1.30. The first-order valence-electron chi connectivity index (χ1n) is 7.09. The molecular weight excluding hydrogens is 316 g/mol. The van der Waals surface area contributed by atoms with Gasteiger partial charge in [0.15, 0.2) is 23.1 Å². The molecule has 0 fully saturated rings. The third-order valence-corrected chi connectivity index (χ3v) is 3.71. The maximum atomic E-state index is 14.6. The standard InChI is InChI=1S/C17H15F2N3O2/c1-8-4-10-9(7-21-8)5-11(22-17(10)20)14-15(18)12(23-2)6-13(24-3)16(14)19/h4-7H,1-3H3,(H2,20,22). The average molecular weight is 331 g/mol. The predicted octanol–water partition coefficient (Wildman–Crippen LogP) is 3.48. The zero-order valence-electron chi connectivity index (χ0n) is 13.4. The van der Waals surface area contributed by atoms with Gasteiger partial charge in [0.05, 0.1) is 25.5 Å². The van der Waals surface area contributed by atoms with E-state index in [1.54, 1.807) is 12.3 Å². The van der Waals surface area contributed by atoms with Gasteiger partial charge >= 0.3 is 0 Å². The second-order valence-electron chi connectivity index (χ2n) is 5.22. The fraction of sp³-hybridized carbons (Fsp3) is 0.176. The predicted molar refractivity (Wildman–Crippen MR) is 87.1 cm³/mol. The second-order valence-corrected chi connectivity index (χ2v) is 5.22. The fourth-order valence-electron chi connectivity index (χ4n) is 2.52. The number of hydrogen-bond acceptors (Lipinski definition) is 5. The van der Waals surface area contributed by atoms with Gasteiger partial charge in [0.1, 0.15) is 5.82 Å². The molecule has 0 bridgehead atoms. The summed E-state index contributed by atoms with van der Waals surface area (Å²) in [4.78, 5) is 8.32. The van der Waals surface area contributed by atoms with Crippen LogP contribution in [0.2, 0.25) is 0 Å². The Hall–Kier alpha value is -2.96. The quantitative estimate of drug-likeness (QED) is 0.795. The van der Waals surface area contributed by atoms with Crippen LogP contribution in [0.15, 0.2) is 24.4 Å². The molecule has 24 heavy (non-hydrogen) atoms. The lowest BCUT2D eigenvalue weighted by molar-refractivity contribution is 0.359. The van der Waals surface area contributed by atoms with Crippen molar-refractivity contribution in [3.8, 4) is 22.8 Å². The van der Waals surface area contributed by atoms with Gasteiger partial charge in [-0.3, -0.25) is 4.98 Å². The SMILES string of the molecule is COc1cc(OC)c(F)c(-c2cc3cnc(C)cc3c(N)n2)c1F. The average Bonchev–Trinajstić information content (AvgIpc) is 2.56. The van der Waals surface area contributed by atoms with Gasteiger partial charge in [0.25, 0.3) is 0 Å². The van der Waals surface area contributed by atoms with E-state index in [0.29, 0.717) is 10.8 Å². The number of rotatable bonds is 3. The van der Waals surface area contributed by atoms with Crippen LogP contribution in [0.1, 0.15) is 5.69 Å². The van der Waals surface area contributed by atoms with Crippen LogP contribution in [0.25, 0.3) is 22.0 Å². The number of fused-ring (bicyclic) bond motifs is 1. The number of aromatic nitrogens is 2. The Morgan fingerprint density at radius 1 is 1.00 bits per heavy atom. The molecule has 0 atom stereocenters. The van der Waals surface area contributed by atoms with Crippen molar-refractivity contribution in [1.82, 2.24) is 9.97 Å². The zero-order valence-corrected chi connectivity index (χ0v) is 13.4. The monoisotopic (exact) mass is 331 g/mol. The molecule has 124 valence electrons. The molecule has 2 aromatic heterocycles. The molecule has 0 saturated heterocycles. The van der Waals surface area contributed by atoms with Crippen LogP contribution >= 0.6 is 0 Å². The summed E-state index contributed by atoms with van der Waals surface area (Å²) < 4.78 is 39.1. The highest BCUT2D eigenvalue weighted by Gasteiger charge is 2.23. The number of aryl methyl sites for hydroxylation is 1. The summed E-state index contributed by atoms with van der Waals surface area (Å²) in [6, 6.07) is 4.43. The maximum absolute atomic E-state index is 14.6. The minimum atomic E-state index is -0.873. The highest BCUT2D eigenvalue weighted by molar-refractivity contribution is 5.93. The number of ether oxygens (including phenoxy) is 2. The van der Waals surface area contributed by atoms with Crippen LogP contribution in [0.5, 0.6) is 11.5 Å². The van der Waals surface area contributed by atoms with Gasteiger partial charge < -0.3 is 15.2 Å². The molecule has 0 aliphatic rings. The van der Waals surface area contributed by atoms with Crippen molar-refractivity contribution in [1.29, 1.82) is 0 Å². The van der Waals surface area contributed by atoms with E-state index < -0.39 is 11.6 Å². The molecule has 0 aliphatic heterocycles. The molecule has 3 rings (SSSR count).